The molecule has 11 heteroatoms. The summed E-state index contributed by atoms with van der Waals surface area (Å²) in [6.45, 7) is 4.64. The Bertz CT molecular complexity index is 1120. The fourth-order valence-electron chi connectivity index (χ4n) is 4.36. The SMILES string of the molecule is CN(C(=O)Oc1cncs1)C1CCCN(c2nc(Cl)nc3cc(N4CCOCC4)ccc23)C1. The van der Waals surface area contributed by atoms with Gasteiger partial charge in [-0.3, -0.25) is 0 Å². The first-order valence-corrected chi connectivity index (χ1v) is 12.2. The monoisotopic (exact) mass is 488 g/mol. The van der Waals surface area contributed by atoms with Crippen LogP contribution in [0, 0.1) is 0 Å². The summed E-state index contributed by atoms with van der Waals surface area (Å²) in [5, 5.41) is 1.66. The molecule has 9 nitrogen and oxygen atoms in total. The number of hydrogen-bond donors (Lipinski definition) is 0. The molecular weight excluding hydrogens is 464 g/mol. The van der Waals surface area contributed by atoms with Gasteiger partial charge in [-0.15, -0.1) is 0 Å². The topological polar surface area (TPSA) is 83.9 Å². The summed E-state index contributed by atoms with van der Waals surface area (Å²) < 4.78 is 10.9. The van der Waals surface area contributed by atoms with Gasteiger partial charge in [0.05, 0.1) is 36.5 Å². The maximum absolute atomic E-state index is 12.6. The van der Waals surface area contributed by atoms with Crippen LogP contribution < -0.4 is 14.5 Å². The third-order valence-corrected chi connectivity index (χ3v) is 6.96. The Kier molecular flexibility index (Phi) is 6.48. The minimum atomic E-state index is -0.383. The van der Waals surface area contributed by atoms with Gasteiger partial charge in [0, 0.05) is 44.3 Å². The van der Waals surface area contributed by atoms with E-state index in [0.29, 0.717) is 11.6 Å². The number of nitrogens with zero attached hydrogens (tertiary/aromatic N) is 6. The predicted molar refractivity (Wildman–Crippen MR) is 129 cm³/mol. The molecule has 2 aliphatic rings. The number of ether oxygens (including phenoxy) is 2. The first-order chi connectivity index (χ1) is 16.1. The van der Waals surface area contributed by atoms with E-state index in [4.69, 9.17) is 21.1 Å². The molecule has 2 aromatic heterocycles. The fraction of sp³-hybridized carbons (Fsp3) is 0.455. The number of anilines is 2. The largest absolute Gasteiger partial charge is 0.416 e. The molecule has 0 aliphatic carbocycles. The summed E-state index contributed by atoms with van der Waals surface area (Å²) in [4.78, 5) is 31.8. The molecule has 4 heterocycles. The van der Waals surface area contributed by atoms with Gasteiger partial charge in [-0.1, -0.05) is 11.3 Å². The Morgan fingerprint density at radius 2 is 2.09 bits per heavy atom. The summed E-state index contributed by atoms with van der Waals surface area (Å²) in [7, 11) is 1.78. The van der Waals surface area contributed by atoms with E-state index in [9.17, 15) is 4.79 Å². The molecule has 0 radical (unpaired) electrons. The molecule has 1 aromatic carbocycles. The molecule has 33 heavy (non-hydrogen) atoms. The second kappa shape index (κ2) is 9.66. The molecule has 1 atom stereocenters. The highest BCUT2D eigenvalue weighted by Crippen LogP contribution is 2.31. The van der Waals surface area contributed by atoms with Crippen molar-refractivity contribution in [3.63, 3.8) is 0 Å². The van der Waals surface area contributed by atoms with Gasteiger partial charge < -0.3 is 24.2 Å². The third kappa shape index (κ3) is 4.83. The van der Waals surface area contributed by atoms with E-state index in [1.165, 1.54) is 11.3 Å². The zero-order chi connectivity index (χ0) is 22.8. The van der Waals surface area contributed by atoms with Crippen LogP contribution in [0.1, 0.15) is 12.8 Å². The molecule has 5 rings (SSSR count). The Morgan fingerprint density at radius 1 is 1.24 bits per heavy atom. The van der Waals surface area contributed by atoms with Gasteiger partial charge >= 0.3 is 6.09 Å². The second-order valence-corrected chi connectivity index (χ2v) is 9.35. The summed E-state index contributed by atoms with van der Waals surface area (Å²) in [5.74, 6) is 0.799. The summed E-state index contributed by atoms with van der Waals surface area (Å²) in [5.41, 5.74) is 3.56. The van der Waals surface area contributed by atoms with Crippen LogP contribution in [0.2, 0.25) is 5.28 Å². The average molecular weight is 489 g/mol. The molecule has 0 spiro atoms. The van der Waals surface area contributed by atoms with Crippen molar-refractivity contribution < 1.29 is 14.3 Å². The van der Waals surface area contributed by atoms with Crippen LogP contribution in [-0.2, 0) is 4.74 Å². The minimum Gasteiger partial charge on any atom is -0.397 e. The Labute approximate surface area is 200 Å². The van der Waals surface area contributed by atoms with E-state index in [0.717, 1.165) is 68.1 Å². The van der Waals surface area contributed by atoms with Crippen molar-refractivity contribution in [2.24, 2.45) is 0 Å². The van der Waals surface area contributed by atoms with Crippen LogP contribution in [0.4, 0.5) is 16.3 Å². The highest BCUT2D eigenvalue weighted by atomic mass is 35.5. The fourth-order valence-corrected chi connectivity index (χ4v) is 5.00. The molecule has 1 amide bonds. The lowest BCUT2D eigenvalue weighted by Gasteiger charge is -2.38. The molecular formula is C22H25ClN6O3S. The lowest BCUT2D eigenvalue weighted by molar-refractivity contribution is 0.122. The van der Waals surface area contributed by atoms with Crippen molar-refractivity contribution in [3.05, 3.63) is 35.2 Å². The van der Waals surface area contributed by atoms with Crippen molar-refractivity contribution >= 4 is 51.4 Å². The first kappa shape index (κ1) is 22.1. The molecule has 2 fully saturated rings. The van der Waals surface area contributed by atoms with Crippen LogP contribution in [0.25, 0.3) is 10.9 Å². The van der Waals surface area contributed by atoms with E-state index in [2.05, 4.69) is 43.0 Å². The molecule has 0 bridgehead atoms. The van der Waals surface area contributed by atoms with E-state index in [-0.39, 0.29) is 17.4 Å². The average Bonchev–Trinajstić information content (AvgIpc) is 3.36. The van der Waals surface area contributed by atoms with Crippen molar-refractivity contribution in [1.82, 2.24) is 19.9 Å². The molecule has 0 N–H and O–H groups in total. The van der Waals surface area contributed by atoms with E-state index < -0.39 is 0 Å². The zero-order valence-electron chi connectivity index (χ0n) is 18.3. The molecule has 0 saturated carbocycles. The summed E-state index contributed by atoms with van der Waals surface area (Å²) >= 11 is 7.63. The van der Waals surface area contributed by atoms with Crippen LogP contribution >= 0.6 is 22.9 Å². The van der Waals surface area contributed by atoms with Crippen molar-refractivity contribution in [2.75, 3.05) is 56.2 Å². The normalized spacial score (nSPS) is 19.0. The molecule has 1 unspecified atom stereocenters. The lowest BCUT2D eigenvalue weighted by atomic mass is 10.0. The van der Waals surface area contributed by atoms with Gasteiger partial charge in [0.25, 0.3) is 0 Å². The Morgan fingerprint density at radius 3 is 2.88 bits per heavy atom. The van der Waals surface area contributed by atoms with Gasteiger partial charge in [-0.25, -0.2) is 14.8 Å². The minimum absolute atomic E-state index is 0.00409. The number of fused-ring (bicyclic) bond motifs is 1. The number of rotatable bonds is 4. The quantitative estimate of drug-likeness (QED) is 0.514. The third-order valence-electron chi connectivity index (χ3n) is 6.14. The number of aromatic nitrogens is 3. The standard InChI is InChI=1S/C22H25ClN6O3S/c1-27(22(30)32-19-12-24-14-33-19)16-3-2-6-29(13-16)20-17-5-4-15(28-7-9-31-10-8-28)11-18(17)25-21(23)26-20/h4-5,11-12,14,16H,2-3,6-10,13H2,1H3. The van der Waals surface area contributed by atoms with E-state index in [1.807, 2.05) is 0 Å². The smallest absolute Gasteiger partial charge is 0.397 e. The summed E-state index contributed by atoms with van der Waals surface area (Å²) in [6.07, 6.45) is 2.98. The van der Waals surface area contributed by atoms with Crippen LogP contribution in [0.5, 0.6) is 5.06 Å². The number of morpholine rings is 1. The number of carbonyl (C=O) groups is 1. The van der Waals surface area contributed by atoms with Gasteiger partial charge in [0.15, 0.2) is 0 Å². The zero-order valence-corrected chi connectivity index (χ0v) is 19.9. The van der Waals surface area contributed by atoms with Crippen molar-refractivity contribution in [2.45, 2.75) is 18.9 Å². The van der Waals surface area contributed by atoms with Crippen LogP contribution in [-0.4, -0.2) is 78.4 Å². The van der Waals surface area contributed by atoms with Crippen LogP contribution in [0.15, 0.2) is 29.9 Å². The maximum atomic E-state index is 12.6. The molecule has 2 saturated heterocycles. The van der Waals surface area contributed by atoms with Crippen LogP contribution in [0.3, 0.4) is 0 Å². The van der Waals surface area contributed by atoms with Crippen molar-refractivity contribution in [3.8, 4) is 5.06 Å². The highest BCUT2D eigenvalue weighted by molar-refractivity contribution is 7.11. The number of piperidine rings is 1. The lowest BCUT2D eigenvalue weighted by Crippen LogP contribution is -2.49. The number of hydrogen-bond acceptors (Lipinski definition) is 9. The molecule has 3 aromatic rings. The maximum Gasteiger partial charge on any atom is 0.416 e. The Hall–Kier alpha value is -2.69. The van der Waals surface area contributed by atoms with Gasteiger partial charge in [-0.05, 0) is 42.6 Å². The first-order valence-electron chi connectivity index (χ1n) is 11.0. The van der Waals surface area contributed by atoms with Gasteiger partial charge in [0.1, 0.15) is 5.82 Å². The van der Waals surface area contributed by atoms with Gasteiger partial charge in [-0.2, -0.15) is 4.98 Å². The number of halogens is 1. The number of benzene rings is 1. The highest BCUT2D eigenvalue weighted by Gasteiger charge is 2.29. The number of amides is 1. The predicted octanol–water partition coefficient (Wildman–Crippen LogP) is 3.68. The molecule has 2 aliphatic heterocycles. The van der Waals surface area contributed by atoms with E-state index >= 15 is 0 Å². The number of carbonyl (C=O) groups excluding carboxylic acids is 1. The van der Waals surface area contributed by atoms with Gasteiger partial charge in [0.2, 0.25) is 10.3 Å². The summed E-state index contributed by atoms with van der Waals surface area (Å²) in [6, 6.07) is 6.24. The number of likely N-dealkylation sites (N-methyl/N-ethyl adjacent to an activating group) is 1. The number of thiazole rings is 1. The Balaban J connectivity index is 1.36. The van der Waals surface area contributed by atoms with Crippen molar-refractivity contribution in [1.29, 1.82) is 0 Å². The van der Waals surface area contributed by atoms with E-state index in [1.54, 1.807) is 23.7 Å². The second-order valence-electron chi connectivity index (χ2n) is 8.16. The molecule has 174 valence electrons.